The van der Waals surface area contributed by atoms with Gasteiger partial charge < -0.3 is 19.1 Å². The van der Waals surface area contributed by atoms with Crippen LogP contribution in [0.3, 0.4) is 0 Å². The lowest BCUT2D eigenvalue weighted by molar-refractivity contribution is -0.142. The van der Waals surface area contributed by atoms with Gasteiger partial charge in [-0.3, -0.25) is 14.4 Å². The molecule has 140 valence electrons. The standard InChI is InChI=1S/C19H25N3O4/c1-3-4-9-26-18-15(24)7-8-20-11-16-21(12(2)23)13-5-6-14(10-13)22(16)19(25)17(18)20/h7-8,13-14,16H,3-6,9-11H2,1-2H3. The van der Waals surface area contributed by atoms with Crippen LogP contribution in [0, 0.1) is 0 Å². The number of hydrogen-bond donors (Lipinski definition) is 0. The first kappa shape index (κ1) is 17.1. The predicted octanol–water partition coefficient (Wildman–Crippen LogP) is 1.59. The van der Waals surface area contributed by atoms with Crippen LogP contribution >= 0.6 is 0 Å². The molecule has 0 aromatic carbocycles. The summed E-state index contributed by atoms with van der Waals surface area (Å²) in [4.78, 5) is 41.7. The van der Waals surface area contributed by atoms with E-state index in [1.807, 2.05) is 16.7 Å². The predicted molar refractivity (Wildman–Crippen MR) is 95.0 cm³/mol. The molecule has 4 rings (SSSR count). The molecule has 1 saturated carbocycles. The maximum absolute atomic E-state index is 13.4. The highest BCUT2D eigenvalue weighted by molar-refractivity contribution is 5.97. The highest BCUT2D eigenvalue weighted by Gasteiger charge is 2.51. The highest BCUT2D eigenvalue weighted by atomic mass is 16.5. The van der Waals surface area contributed by atoms with Crippen molar-refractivity contribution < 1.29 is 14.3 Å². The van der Waals surface area contributed by atoms with Gasteiger partial charge in [0.1, 0.15) is 6.17 Å². The Morgan fingerprint density at radius 2 is 2.04 bits per heavy atom. The van der Waals surface area contributed by atoms with E-state index in [1.165, 1.54) is 6.07 Å². The van der Waals surface area contributed by atoms with Gasteiger partial charge in [0.25, 0.3) is 5.91 Å². The fourth-order valence-corrected chi connectivity index (χ4v) is 4.69. The Kier molecular flexibility index (Phi) is 4.25. The fourth-order valence-electron chi connectivity index (χ4n) is 4.69. The molecule has 7 nitrogen and oxygen atoms in total. The molecule has 1 aromatic heterocycles. The summed E-state index contributed by atoms with van der Waals surface area (Å²) in [7, 11) is 0. The summed E-state index contributed by atoms with van der Waals surface area (Å²) in [5, 5.41) is 0. The SMILES string of the molecule is CCCCOc1c2n(ccc1=O)CC1N(C(C)=O)C3CCC(C3)N1C2=O. The number of nitrogens with zero attached hydrogens (tertiary/aromatic N) is 3. The van der Waals surface area contributed by atoms with Gasteiger partial charge in [0, 0.05) is 31.3 Å². The molecule has 1 aromatic rings. The van der Waals surface area contributed by atoms with Crippen LogP contribution in [0.1, 0.15) is 56.4 Å². The van der Waals surface area contributed by atoms with Gasteiger partial charge in [-0.1, -0.05) is 13.3 Å². The van der Waals surface area contributed by atoms with Crippen LogP contribution in [0.15, 0.2) is 17.1 Å². The second-order valence-corrected chi connectivity index (χ2v) is 7.45. The molecule has 26 heavy (non-hydrogen) atoms. The van der Waals surface area contributed by atoms with Crippen molar-refractivity contribution in [2.24, 2.45) is 0 Å². The largest absolute Gasteiger partial charge is 0.487 e. The summed E-state index contributed by atoms with van der Waals surface area (Å²) in [6.07, 6.45) is 5.81. The Hall–Kier alpha value is -2.31. The quantitative estimate of drug-likeness (QED) is 0.766. The van der Waals surface area contributed by atoms with Crippen LogP contribution < -0.4 is 10.2 Å². The molecule has 2 aliphatic heterocycles. The van der Waals surface area contributed by atoms with Crippen LogP contribution in [-0.2, 0) is 11.3 Å². The summed E-state index contributed by atoms with van der Waals surface area (Å²) in [6.45, 7) is 4.52. The lowest BCUT2D eigenvalue weighted by Crippen LogP contribution is -2.65. The van der Waals surface area contributed by atoms with Crippen molar-refractivity contribution in [1.29, 1.82) is 0 Å². The molecule has 0 radical (unpaired) electrons. The van der Waals surface area contributed by atoms with E-state index in [9.17, 15) is 14.4 Å². The molecule has 1 aliphatic carbocycles. The Labute approximate surface area is 152 Å². The minimum Gasteiger partial charge on any atom is -0.487 e. The van der Waals surface area contributed by atoms with E-state index < -0.39 is 0 Å². The van der Waals surface area contributed by atoms with E-state index in [4.69, 9.17) is 4.74 Å². The zero-order valence-electron chi connectivity index (χ0n) is 15.3. The van der Waals surface area contributed by atoms with E-state index >= 15 is 0 Å². The van der Waals surface area contributed by atoms with Crippen molar-refractivity contribution in [3.63, 3.8) is 0 Å². The highest BCUT2D eigenvalue weighted by Crippen LogP contribution is 2.40. The first-order valence-corrected chi connectivity index (χ1v) is 9.50. The van der Waals surface area contributed by atoms with Crippen LogP contribution in [0.5, 0.6) is 5.75 Å². The number of aromatic nitrogens is 1. The van der Waals surface area contributed by atoms with Gasteiger partial charge in [-0.25, -0.2) is 0 Å². The fraction of sp³-hybridized carbons (Fsp3) is 0.632. The molecular weight excluding hydrogens is 334 g/mol. The third kappa shape index (κ3) is 2.52. The van der Waals surface area contributed by atoms with E-state index in [-0.39, 0.29) is 41.2 Å². The second kappa shape index (κ2) is 6.45. The first-order chi connectivity index (χ1) is 12.5. The van der Waals surface area contributed by atoms with Gasteiger partial charge in [0.05, 0.1) is 13.2 Å². The summed E-state index contributed by atoms with van der Waals surface area (Å²) >= 11 is 0. The normalized spacial score (nSPS) is 26.5. The number of fused-ring (bicyclic) bond motifs is 5. The van der Waals surface area contributed by atoms with Crippen LogP contribution in [-0.4, -0.2) is 51.0 Å². The number of pyridine rings is 1. The van der Waals surface area contributed by atoms with Crippen LogP contribution in [0.25, 0.3) is 0 Å². The lowest BCUT2D eigenvalue weighted by Gasteiger charge is -2.50. The van der Waals surface area contributed by atoms with Crippen molar-refractivity contribution in [3.8, 4) is 5.75 Å². The summed E-state index contributed by atoms with van der Waals surface area (Å²) in [6, 6.07) is 1.80. The van der Waals surface area contributed by atoms with Gasteiger partial charge in [0.2, 0.25) is 11.3 Å². The number of carbonyl (C=O) groups excluding carboxylic acids is 2. The van der Waals surface area contributed by atoms with E-state index in [0.717, 1.165) is 32.1 Å². The van der Waals surface area contributed by atoms with Crippen molar-refractivity contribution in [2.75, 3.05) is 6.61 Å². The molecule has 0 N–H and O–H groups in total. The molecule has 3 heterocycles. The van der Waals surface area contributed by atoms with Gasteiger partial charge in [-0.2, -0.15) is 0 Å². The third-order valence-corrected chi connectivity index (χ3v) is 5.84. The zero-order valence-corrected chi connectivity index (χ0v) is 15.3. The lowest BCUT2D eigenvalue weighted by atomic mass is 10.0. The molecule has 3 unspecified atom stereocenters. The van der Waals surface area contributed by atoms with Crippen molar-refractivity contribution >= 4 is 11.8 Å². The number of rotatable bonds is 4. The maximum Gasteiger partial charge on any atom is 0.276 e. The monoisotopic (exact) mass is 359 g/mol. The van der Waals surface area contributed by atoms with Gasteiger partial charge in [0.15, 0.2) is 11.4 Å². The Morgan fingerprint density at radius 1 is 1.27 bits per heavy atom. The number of carbonyl (C=O) groups is 2. The molecule has 2 amide bonds. The second-order valence-electron chi connectivity index (χ2n) is 7.45. The zero-order chi connectivity index (χ0) is 18.4. The molecule has 3 aliphatic rings. The maximum atomic E-state index is 13.4. The minimum atomic E-state index is -0.273. The molecule has 0 spiro atoms. The molecule has 2 fully saturated rings. The van der Waals surface area contributed by atoms with Gasteiger partial charge in [-0.05, 0) is 25.7 Å². The molecule has 1 saturated heterocycles. The van der Waals surface area contributed by atoms with Crippen LogP contribution in [0.4, 0.5) is 0 Å². The molecular formula is C19H25N3O4. The average Bonchev–Trinajstić information content (AvgIpc) is 3.00. The van der Waals surface area contributed by atoms with Gasteiger partial charge >= 0.3 is 0 Å². The Balaban J connectivity index is 1.76. The van der Waals surface area contributed by atoms with E-state index in [0.29, 0.717) is 18.8 Å². The summed E-state index contributed by atoms with van der Waals surface area (Å²) < 4.78 is 7.50. The molecule has 7 heteroatoms. The topological polar surface area (TPSA) is 71.8 Å². The summed E-state index contributed by atoms with van der Waals surface area (Å²) in [5.41, 5.74) is 0.0718. The number of amides is 2. The van der Waals surface area contributed by atoms with Crippen molar-refractivity contribution in [1.82, 2.24) is 14.4 Å². The van der Waals surface area contributed by atoms with E-state index in [1.54, 1.807) is 17.7 Å². The number of unbranched alkanes of at least 4 members (excludes halogenated alkanes) is 1. The Morgan fingerprint density at radius 3 is 2.77 bits per heavy atom. The van der Waals surface area contributed by atoms with E-state index in [2.05, 4.69) is 0 Å². The first-order valence-electron chi connectivity index (χ1n) is 9.50. The summed E-state index contributed by atoms with van der Waals surface area (Å²) in [5.74, 6) is -0.0389. The van der Waals surface area contributed by atoms with Crippen molar-refractivity contribution in [3.05, 3.63) is 28.2 Å². The molecule has 2 bridgehead atoms. The van der Waals surface area contributed by atoms with Crippen LogP contribution in [0.2, 0.25) is 0 Å². The third-order valence-electron chi connectivity index (χ3n) is 5.84. The smallest absolute Gasteiger partial charge is 0.276 e. The van der Waals surface area contributed by atoms with Crippen molar-refractivity contribution in [2.45, 2.75) is 70.7 Å². The number of ether oxygens (including phenoxy) is 1. The van der Waals surface area contributed by atoms with Gasteiger partial charge in [-0.15, -0.1) is 0 Å². The minimum absolute atomic E-state index is 0.00191. The molecule has 3 atom stereocenters. The Bertz CT molecular complexity index is 802. The average molecular weight is 359 g/mol. The number of hydrogen-bond acceptors (Lipinski definition) is 4.